The Kier molecular flexibility index (Phi) is 48.1. The van der Waals surface area contributed by atoms with E-state index in [1.54, 1.807) is 0 Å². The van der Waals surface area contributed by atoms with E-state index in [1.807, 2.05) is 0 Å². The molecule has 0 saturated heterocycles. The highest BCUT2D eigenvalue weighted by Crippen LogP contribution is 2.19. The smallest absolute Gasteiger partial charge is 0.306 e. The third kappa shape index (κ3) is 49.8. The molecule has 0 aliphatic carbocycles. The van der Waals surface area contributed by atoms with Gasteiger partial charge in [-0.2, -0.15) is 0 Å². The first-order chi connectivity index (χ1) is 31.1. The number of hydrogen-bond donors (Lipinski definition) is 0. The molecule has 0 aromatic heterocycles. The molecule has 380 valence electrons. The van der Waals surface area contributed by atoms with Crippen molar-refractivity contribution in [3.63, 3.8) is 0 Å². The van der Waals surface area contributed by atoms with Crippen LogP contribution in [0.15, 0.2) is 0 Å². The van der Waals surface area contributed by atoms with Gasteiger partial charge in [0.1, 0.15) is 13.2 Å². The zero-order chi connectivity index (χ0) is 47.0. The van der Waals surface area contributed by atoms with Crippen LogP contribution < -0.4 is 0 Å². The van der Waals surface area contributed by atoms with Gasteiger partial charge in [0.05, 0.1) is 0 Å². The van der Waals surface area contributed by atoms with Crippen LogP contribution in [0.25, 0.3) is 0 Å². The molecule has 0 amide bonds. The predicted molar refractivity (Wildman–Crippen MR) is 275 cm³/mol. The molecule has 0 heterocycles. The van der Waals surface area contributed by atoms with Crippen LogP contribution in [0.3, 0.4) is 0 Å². The molecule has 0 aliphatic rings. The van der Waals surface area contributed by atoms with E-state index in [-0.39, 0.29) is 31.1 Å². The quantitative estimate of drug-likeness (QED) is 0.0344. The maximum Gasteiger partial charge on any atom is 0.306 e. The molecular weight excluding hydrogens is 793 g/mol. The maximum absolute atomic E-state index is 12.8. The van der Waals surface area contributed by atoms with Gasteiger partial charge in [0.25, 0.3) is 0 Å². The predicted octanol–water partition coefficient (Wildman–Crippen LogP) is 18.7. The Morgan fingerprint density at radius 3 is 0.812 bits per heavy atom. The third-order valence-corrected chi connectivity index (χ3v) is 13.5. The van der Waals surface area contributed by atoms with Crippen molar-refractivity contribution in [3.8, 4) is 0 Å². The Bertz CT molecular complexity index is 993. The van der Waals surface area contributed by atoms with Gasteiger partial charge in [-0.3, -0.25) is 14.4 Å². The second-order valence-electron chi connectivity index (χ2n) is 21.1. The van der Waals surface area contributed by atoms with E-state index in [2.05, 4.69) is 41.5 Å². The summed E-state index contributed by atoms with van der Waals surface area (Å²) in [4.78, 5) is 38.1. The molecular formula is C58H112O6. The zero-order valence-electron chi connectivity index (χ0n) is 44.1. The van der Waals surface area contributed by atoms with Gasteiger partial charge in [0.15, 0.2) is 6.10 Å². The lowest BCUT2D eigenvalue weighted by atomic mass is 9.99. The zero-order valence-corrected chi connectivity index (χ0v) is 44.1. The average Bonchev–Trinajstić information content (AvgIpc) is 3.27. The number of hydrogen-bond acceptors (Lipinski definition) is 6. The van der Waals surface area contributed by atoms with E-state index in [0.717, 1.165) is 75.5 Å². The molecule has 1 unspecified atom stereocenters. The highest BCUT2D eigenvalue weighted by atomic mass is 16.6. The van der Waals surface area contributed by atoms with Gasteiger partial charge in [0, 0.05) is 19.3 Å². The fraction of sp³-hybridized carbons (Fsp3) is 0.948. The Morgan fingerprint density at radius 2 is 0.547 bits per heavy atom. The van der Waals surface area contributed by atoms with Crippen LogP contribution in [0.2, 0.25) is 0 Å². The third-order valence-electron chi connectivity index (χ3n) is 13.5. The van der Waals surface area contributed by atoms with Crippen molar-refractivity contribution in [2.75, 3.05) is 13.2 Å². The number of ether oxygens (including phenoxy) is 3. The van der Waals surface area contributed by atoms with Crippen LogP contribution in [0, 0.1) is 17.8 Å². The lowest BCUT2D eigenvalue weighted by Gasteiger charge is -2.18. The largest absolute Gasteiger partial charge is 0.462 e. The van der Waals surface area contributed by atoms with Crippen molar-refractivity contribution in [1.29, 1.82) is 0 Å². The van der Waals surface area contributed by atoms with Crippen molar-refractivity contribution in [2.24, 2.45) is 17.8 Å². The van der Waals surface area contributed by atoms with Gasteiger partial charge in [-0.15, -0.1) is 0 Å². The van der Waals surface area contributed by atoms with Crippen molar-refractivity contribution in [3.05, 3.63) is 0 Å². The van der Waals surface area contributed by atoms with Crippen LogP contribution in [0.1, 0.15) is 318 Å². The fourth-order valence-electron chi connectivity index (χ4n) is 8.79. The highest BCUT2D eigenvalue weighted by Gasteiger charge is 2.19. The molecule has 2 atom stereocenters. The summed E-state index contributed by atoms with van der Waals surface area (Å²) in [5, 5.41) is 0. The molecule has 0 fully saturated rings. The van der Waals surface area contributed by atoms with Crippen molar-refractivity contribution in [2.45, 2.75) is 324 Å². The molecule has 6 heteroatoms. The number of carbonyl (C=O) groups is 3. The van der Waals surface area contributed by atoms with Crippen LogP contribution in [-0.4, -0.2) is 37.2 Å². The molecule has 6 nitrogen and oxygen atoms in total. The molecule has 0 radical (unpaired) electrons. The summed E-state index contributed by atoms with van der Waals surface area (Å²) in [5.74, 6) is 1.70. The Balaban J connectivity index is 4.31. The van der Waals surface area contributed by atoms with E-state index in [9.17, 15) is 14.4 Å². The van der Waals surface area contributed by atoms with Gasteiger partial charge in [0.2, 0.25) is 0 Å². The topological polar surface area (TPSA) is 78.9 Å². The van der Waals surface area contributed by atoms with Crippen molar-refractivity contribution >= 4 is 17.9 Å². The molecule has 0 aromatic carbocycles. The van der Waals surface area contributed by atoms with Gasteiger partial charge in [-0.25, -0.2) is 0 Å². The van der Waals surface area contributed by atoms with E-state index < -0.39 is 6.10 Å². The Hall–Kier alpha value is -1.59. The SMILES string of the molecule is CCC(C)CCCCCCCCCCCCC(=O)O[C@@H](COC(=O)CCCCCCCCCCCCCCCCC(C)C)COC(=O)CCCCCCCCCCCCCCC(C)C. The molecule has 0 aliphatic heterocycles. The molecule has 0 saturated carbocycles. The van der Waals surface area contributed by atoms with Crippen LogP contribution in [-0.2, 0) is 28.6 Å². The fourth-order valence-corrected chi connectivity index (χ4v) is 8.79. The molecule has 0 aromatic rings. The monoisotopic (exact) mass is 905 g/mol. The van der Waals surface area contributed by atoms with Gasteiger partial charge < -0.3 is 14.2 Å². The first-order valence-electron chi connectivity index (χ1n) is 28.6. The summed E-state index contributed by atoms with van der Waals surface area (Å²) in [6.45, 7) is 13.8. The lowest BCUT2D eigenvalue weighted by molar-refractivity contribution is -0.167. The van der Waals surface area contributed by atoms with Gasteiger partial charge >= 0.3 is 17.9 Å². The first kappa shape index (κ1) is 62.4. The van der Waals surface area contributed by atoms with Crippen molar-refractivity contribution in [1.82, 2.24) is 0 Å². The van der Waals surface area contributed by atoms with Crippen LogP contribution in [0.4, 0.5) is 0 Å². The van der Waals surface area contributed by atoms with E-state index >= 15 is 0 Å². The molecule has 0 rings (SSSR count). The normalized spacial score (nSPS) is 12.6. The summed E-state index contributed by atoms with van der Waals surface area (Å²) in [7, 11) is 0. The maximum atomic E-state index is 12.8. The summed E-state index contributed by atoms with van der Waals surface area (Å²) in [6.07, 6.45) is 50.8. The highest BCUT2D eigenvalue weighted by molar-refractivity contribution is 5.71. The summed E-state index contributed by atoms with van der Waals surface area (Å²) < 4.78 is 16.9. The Labute approximate surface area is 399 Å². The second kappa shape index (κ2) is 49.3. The van der Waals surface area contributed by atoms with E-state index in [1.165, 1.54) is 199 Å². The minimum absolute atomic E-state index is 0.0637. The standard InChI is InChI=1S/C58H112O6/c1-7-54(6)46-40-34-28-22-18-19-25-31-37-43-49-58(61)64-55(51-63-57(60)48-42-36-30-24-17-13-12-15-21-27-33-39-45-53(4)5)50-62-56(59)47-41-35-29-23-16-11-9-8-10-14-20-26-32-38-44-52(2)3/h52-55H,7-51H2,1-6H3/t54?,55-/m0/s1. The van der Waals surface area contributed by atoms with Crippen LogP contribution in [0.5, 0.6) is 0 Å². The number of esters is 3. The second-order valence-corrected chi connectivity index (χ2v) is 21.1. The summed E-state index contributed by atoms with van der Waals surface area (Å²) in [5.41, 5.74) is 0. The summed E-state index contributed by atoms with van der Waals surface area (Å²) in [6, 6.07) is 0. The number of unbranched alkanes of at least 4 members (excludes halogenated alkanes) is 33. The van der Waals surface area contributed by atoms with Gasteiger partial charge in [-0.05, 0) is 37.0 Å². The molecule has 0 N–H and O–H groups in total. The molecule has 0 bridgehead atoms. The van der Waals surface area contributed by atoms with E-state index in [0.29, 0.717) is 19.3 Å². The van der Waals surface area contributed by atoms with Crippen molar-refractivity contribution < 1.29 is 28.6 Å². The first-order valence-corrected chi connectivity index (χ1v) is 28.6. The Morgan fingerprint density at radius 1 is 0.312 bits per heavy atom. The van der Waals surface area contributed by atoms with Gasteiger partial charge in [-0.1, -0.05) is 279 Å². The van der Waals surface area contributed by atoms with Crippen LogP contribution >= 0.6 is 0 Å². The molecule has 0 spiro atoms. The lowest BCUT2D eigenvalue weighted by Crippen LogP contribution is -2.30. The van der Waals surface area contributed by atoms with E-state index in [4.69, 9.17) is 14.2 Å². The molecule has 64 heavy (non-hydrogen) atoms. The summed E-state index contributed by atoms with van der Waals surface area (Å²) >= 11 is 0. The number of carbonyl (C=O) groups excluding carboxylic acids is 3. The number of rotatable bonds is 51. The minimum atomic E-state index is -0.764. The minimum Gasteiger partial charge on any atom is -0.462 e. The average molecular weight is 906 g/mol.